The molecule has 0 amide bonds. The molecule has 0 aromatic carbocycles. The number of hydrogen-bond acceptors (Lipinski definition) is 8. The molecule has 4 saturated carbocycles. The van der Waals surface area contributed by atoms with Crippen LogP contribution in [0.15, 0.2) is 0 Å². The Morgan fingerprint density at radius 1 is 0.977 bits per heavy atom. The van der Waals surface area contributed by atoms with E-state index in [0.717, 1.165) is 90.4 Å². The zero-order chi connectivity index (χ0) is 31.4. The molecular formula is C35H63N3O5. The first-order valence-corrected chi connectivity index (χ1v) is 17.6. The van der Waals surface area contributed by atoms with E-state index in [4.69, 9.17) is 10.5 Å². The summed E-state index contributed by atoms with van der Waals surface area (Å²) in [6, 6.07) is 0.513. The fourth-order valence-electron chi connectivity index (χ4n) is 10.5. The first kappa shape index (κ1) is 34.8. The standard InChI is InChI=1S/C35H63N3O5/c1-22(9-12-29(39)23(2)33(42)43-5)26-10-11-27-32-28(21-31(41)35(26,27)4)34(3)14-13-25(19-24(34)20-30(32)40)38-18-8-17-37-16-7-6-15-36/h22-28,30-32,37-38,40-41H,6-21,36H2,1-5H3/t22-,23?,24-,25+,26-,27?,28?,30-,31?,32?,34+,35-/m1/s1. The number of methoxy groups -OCH3 is 1. The second-order valence-electron chi connectivity index (χ2n) is 15.3. The zero-order valence-corrected chi connectivity index (χ0v) is 27.8. The number of Topliss-reactive ketones (excluding diaryl/α,β-unsaturated/α-hetero) is 1. The summed E-state index contributed by atoms with van der Waals surface area (Å²) >= 11 is 0. The lowest BCUT2D eigenvalue weighted by Crippen LogP contribution is -2.62. The number of unbranched alkanes of at least 4 members (excludes halogenated alkanes) is 1. The SMILES string of the molecule is COC(=O)C(C)C(=O)CC[C@@H](C)[C@H]1CCC2C3C(CC(O)[C@@]21C)[C@@]1(C)CC[C@H](NCCCNCCCCN)C[C@@H]1C[C@H]3O. The van der Waals surface area contributed by atoms with Gasteiger partial charge in [0.2, 0.25) is 0 Å². The van der Waals surface area contributed by atoms with Gasteiger partial charge in [-0.2, -0.15) is 0 Å². The molecule has 4 fully saturated rings. The molecule has 0 aromatic rings. The number of ether oxygens (including phenoxy) is 1. The van der Waals surface area contributed by atoms with Crippen LogP contribution in [0.1, 0.15) is 105 Å². The Hall–Kier alpha value is -1.06. The van der Waals surface area contributed by atoms with E-state index >= 15 is 0 Å². The second kappa shape index (κ2) is 15.0. The number of aliphatic hydroxyl groups is 2. The highest BCUT2D eigenvalue weighted by atomic mass is 16.5. The molecule has 0 bridgehead atoms. The predicted octanol–water partition coefficient (Wildman–Crippen LogP) is 4.06. The molecule has 6 N–H and O–H groups in total. The maximum atomic E-state index is 12.7. The molecule has 0 radical (unpaired) electrons. The molecule has 8 heteroatoms. The predicted molar refractivity (Wildman–Crippen MR) is 170 cm³/mol. The van der Waals surface area contributed by atoms with E-state index in [1.54, 1.807) is 6.92 Å². The van der Waals surface area contributed by atoms with Gasteiger partial charge in [-0.05, 0) is 150 Å². The topological polar surface area (TPSA) is 134 Å². The largest absolute Gasteiger partial charge is 0.468 e. The number of ketones is 1. The molecule has 248 valence electrons. The first-order valence-electron chi connectivity index (χ1n) is 17.6. The van der Waals surface area contributed by atoms with Crippen LogP contribution < -0.4 is 16.4 Å². The molecule has 43 heavy (non-hydrogen) atoms. The Kier molecular flexibility index (Phi) is 12.2. The van der Waals surface area contributed by atoms with E-state index < -0.39 is 18.0 Å². The molecule has 4 aliphatic carbocycles. The third kappa shape index (κ3) is 7.19. The van der Waals surface area contributed by atoms with Crippen molar-refractivity contribution in [2.75, 3.05) is 33.3 Å². The second-order valence-corrected chi connectivity index (χ2v) is 15.3. The molecule has 4 aliphatic rings. The van der Waals surface area contributed by atoms with Crippen molar-refractivity contribution in [1.29, 1.82) is 0 Å². The van der Waals surface area contributed by atoms with Crippen LogP contribution in [0.25, 0.3) is 0 Å². The van der Waals surface area contributed by atoms with Crippen molar-refractivity contribution >= 4 is 11.8 Å². The molecular weight excluding hydrogens is 542 g/mol. The summed E-state index contributed by atoms with van der Waals surface area (Å²) in [7, 11) is 1.32. The van der Waals surface area contributed by atoms with Crippen molar-refractivity contribution in [1.82, 2.24) is 10.6 Å². The minimum atomic E-state index is -0.727. The lowest BCUT2D eigenvalue weighted by molar-refractivity contribution is -0.202. The lowest BCUT2D eigenvalue weighted by Gasteiger charge is -2.63. The summed E-state index contributed by atoms with van der Waals surface area (Å²) in [6.45, 7) is 12.5. The lowest BCUT2D eigenvalue weighted by atomic mass is 9.43. The Labute approximate surface area is 261 Å². The van der Waals surface area contributed by atoms with Crippen molar-refractivity contribution < 1.29 is 24.5 Å². The van der Waals surface area contributed by atoms with Crippen molar-refractivity contribution in [2.24, 2.45) is 58.0 Å². The Morgan fingerprint density at radius 2 is 1.72 bits per heavy atom. The third-order valence-corrected chi connectivity index (χ3v) is 13.2. The number of rotatable bonds is 15. The van der Waals surface area contributed by atoms with Gasteiger partial charge in [-0.1, -0.05) is 20.8 Å². The van der Waals surface area contributed by atoms with E-state index in [9.17, 15) is 19.8 Å². The van der Waals surface area contributed by atoms with E-state index in [1.807, 2.05) is 0 Å². The zero-order valence-electron chi connectivity index (χ0n) is 27.8. The average Bonchev–Trinajstić information content (AvgIpc) is 3.35. The average molecular weight is 606 g/mol. The molecule has 5 unspecified atom stereocenters. The van der Waals surface area contributed by atoms with E-state index in [0.29, 0.717) is 36.1 Å². The monoisotopic (exact) mass is 605 g/mol. The number of nitrogens with two attached hydrogens (primary N) is 1. The smallest absolute Gasteiger partial charge is 0.315 e. The van der Waals surface area contributed by atoms with Crippen LogP contribution in [-0.4, -0.2) is 73.5 Å². The molecule has 0 heterocycles. The minimum absolute atomic E-state index is 0.0654. The van der Waals surface area contributed by atoms with Gasteiger partial charge in [-0.25, -0.2) is 0 Å². The van der Waals surface area contributed by atoms with Crippen LogP contribution >= 0.6 is 0 Å². The summed E-state index contributed by atoms with van der Waals surface area (Å²) in [5, 5.41) is 31.0. The molecule has 8 nitrogen and oxygen atoms in total. The number of esters is 1. The number of hydrogen-bond donors (Lipinski definition) is 5. The van der Waals surface area contributed by atoms with Crippen molar-refractivity contribution in [3.05, 3.63) is 0 Å². The summed E-state index contributed by atoms with van der Waals surface area (Å²) in [5.41, 5.74) is 5.49. The molecule has 0 aromatic heterocycles. The van der Waals surface area contributed by atoms with Crippen LogP contribution in [0, 0.1) is 52.3 Å². The van der Waals surface area contributed by atoms with Gasteiger partial charge < -0.3 is 31.3 Å². The van der Waals surface area contributed by atoms with Crippen molar-refractivity contribution in [3.63, 3.8) is 0 Å². The van der Waals surface area contributed by atoms with Gasteiger partial charge in [-0.3, -0.25) is 9.59 Å². The van der Waals surface area contributed by atoms with Gasteiger partial charge >= 0.3 is 5.97 Å². The number of fused-ring (bicyclic) bond motifs is 5. The van der Waals surface area contributed by atoms with Crippen LogP contribution in [0.5, 0.6) is 0 Å². The maximum absolute atomic E-state index is 12.7. The fraction of sp³-hybridized carbons (Fsp3) is 0.943. The molecule has 0 saturated heterocycles. The van der Waals surface area contributed by atoms with Crippen LogP contribution in [0.4, 0.5) is 0 Å². The van der Waals surface area contributed by atoms with Crippen LogP contribution in [0.3, 0.4) is 0 Å². The highest BCUT2D eigenvalue weighted by Gasteiger charge is 2.65. The highest BCUT2D eigenvalue weighted by Crippen LogP contribution is 2.68. The summed E-state index contributed by atoms with van der Waals surface area (Å²) < 4.78 is 4.77. The minimum Gasteiger partial charge on any atom is -0.468 e. The summed E-state index contributed by atoms with van der Waals surface area (Å²) in [5.74, 6) is 0.694. The molecule has 0 aliphatic heterocycles. The van der Waals surface area contributed by atoms with Crippen molar-refractivity contribution in [3.8, 4) is 0 Å². The quantitative estimate of drug-likeness (QED) is 0.107. The number of aliphatic hydroxyl groups excluding tert-OH is 2. The van der Waals surface area contributed by atoms with Gasteiger partial charge in [0.15, 0.2) is 0 Å². The molecule has 4 rings (SSSR count). The van der Waals surface area contributed by atoms with Gasteiger partial charge in [0.25, 0.3) is 0 Å². The van der Waals surface area contributed by atoms with Crippen LogP contribution in [-0.2, 0) is 14.3 Å². The van der Waals surface area contributed by atoms with Gasteiger partial charge in [-0.15, -0.1) is 0 Å². The highest BCUT2D eigenvalue weighted by molar-refractivity contribution is 5.98. The first-order chi connectivity index (χ1) is 20.5. The van der Waals surface area contributed by atoms with E-state index in [1.165, 1.54) is 13.5 Å². The van der Waals surface area contributed by atoms with Gasteiger partial charge in [0.1, 0.15) is 11.7 Å². The molecule has 12 atom stereocenters. The third-order valence-electron chi connectivity index (χ3n) is 13.2. The van der Waals surface area contributed by atoms with Gasteiger partial charge in [0.05, 0.1) is 19.3 Å². The fourth-order valence-corrected chi connectivity index (χ4v) is 10.5. The van der Waals surface area contributed by atoms with Gasteiger partial charge in [0, 0.05) is 12.5 Å². The van der Waals surface area contributed by atoms with Crippen molar-refractivity contribution in [2.45, 2.75) is 123 Å². The Morgan fingerprint density at radius 3 is 2.44 bits per heavy atom. The van der Waals surface area contributed by atoms with E-state index in [2.05, 4.69) is 31.4 Å². The summed E-state index contributed by atoms with van der Waals surface area (Å²) in [6.07, 6.45) is 10.9. The van der Waals surface area contributed by atoms with Crippen LogP contribution in [0.2, 0.25) is 0 Å². The number of carbonyl (C=O) groups excluding carboxylic acids is 2. The number of nitrogens with one attached hydrogen (secondary N) is 2. The Balaban J connectivity index is 1.34. The normalized spacial score (nSPS) is 40.2. The number of carbonyl (C=O) groups is 2. The summed E-state index contributed by atoms with van der Waals surface area (Å²) in [4.78, 5) is 24.5. The van der Waals surface area contributed by atoms with E-state index in [-0.39, 0.29) is 34.6 Å². The molecule has 0 spiro atoms. The Bertz CT molecular complexity index is 933. The maximum Gasteiger partial charge on any atom is 0.315 e.